The topological polar surface area (TPSA) is 58.2 Å². The van der Waals surface area contributed by atoms with E-state index < -0.39 is 0 Å². The third-order valence-corrected chi connectivity index (χ3v) is 6.14. The molecular formula is C25H20BrN3O2. The van der Waals surface area contributed by atoms with Crippen LogP contribution in [-0.2, 0) is 0 Å². The molecule has 31 heavy (non-hydrogen) atoms. The molecule has 0 aliphatic carbocycles. The molecule has 1 aliphatic rings. The molecule has 0 saturated carbocycles. The van der Waals surface area contributed by atoms with E-state index in [0.717, 1.165) is 43.9 Å². The number of amides is 1. The van der Waals surface area contributed by atoms with E-state index >= 15 is 0 Å². The fourth-order valence-electron chi connectivity index (χ4n) is 4.07. The Morgan fingerprint density at radius 3 is 2.48 bits per heavy atom. The average Bonchev–Trinajstić information content (AvgIpc) is 3.34. The third-order valence-electron chi connectivity index (χ3n) is 5.61. The van der Waals surface area contributed by atoms with E-state index in [9.17, 15) is 4.79 Å². The Kier molecular flexibility index (Phi) is 4.87. The van der Waals surface area contributed by atoms with E-state index in [-0.39, 0.29) is 11.9 Å². The van der Waals surface area contributed by atoms with E-state index in [0.29, 0.717) is 5.69 Å². The molecule has 2 heterocycles. The SMILES string of the molecule is COc1cccc(C2c3c(-c4ccc(Br)cc4)n[nH]c3C(=O)N2c2ccc(C)cc2)c1. The second-order valence-electron chi connectivity index (χ2n) is 7.56. The molecule has 6 heteroatoms. The number of benzene rings is 3. The van der Waals surface area contributed by atoms with Crippen LogP contribution in [0.15, 0.2) is 77.3 Å². The Morgan fingerprint density at radius 2 is 1.77 bits per heavy atom. The zero-order valence-electron chi connectivity index (χ0n) is 17.1. The van der Waals surface area contributed by atoms with Crippen molar-refractivity contribution in [3.8, 4) is 17.0 Å². The Balaban J connectivity index is 1.72. The number of halogens is 1. The minimum atomic E-state index is -0.322. The molecule has 4 aromatic rings. The summed E-state index contributed by atoms with van der Waals surface area (Å²) in [6.07, 6.45) is 0. The summed E-state index contributed by atoms with van der Waals surface area (Å²) in [5.41, 5.74) is 6.07. The Hall–Kier alpha value is -3.38. The van der Waals surface area contributed by atoms with Crippen molar-refractivity contribution in [1.82, 2.24) is 10.2 Å². The fourth-order valence-corrected chi connectivity index (χ4v) is 4.34. The Morgan fingerprint density at radius 1 is 1.03 bits per heavy atom. The second-order valence-corrected chi connectivity index (χ2v) is 8.47. The number of carbonyl (C=O) groups excluding carboxylic acids is 1. The van der Waals surface area contributed by atoms with E-state index in [1.54, 1.807) is 7.11 Å². The molecule has 1 N–H and O–H groups in total. The van der Waals surface area contributed by atoms with Gasteiger partial charge in [-0.05, 0) is 48.9 Å². The quantitative estimate of drug-likeness (QED) is 0.400. The van der Waals surface area contributed by atoms with Crippen LogP contribution in [0.4, 0.5) is 5.69 Å². The molecular weight excluding hydrogens is 454 g/mol. The number of carbonyl (C=O) groups is 1. The average molecular weight is 474 g/mol. The van der Waals surface area contributed by atoms with Gasteiger partial charge in [0.15, 0.2) is 0 Å². The lowest BCUT2D eigenvalue weighted by Crippen LogP contribution is -2.29. The van der Waals surface area contributed by atoms with Gasteiger partial charge in [0.1, 0.15) is 11.4 Å². The zero-order chi connectivity index (χ0) is 21.5. The van der Waals surface area contributed by atoms with Crippen LogP contribution < -0.4 is 9.64 Å². The van der Waals surface area contributed by atoms with E-state index in [2.05, 4.69) is 26.1 Å². The minimum absolute atomic E-state index is 0.0949. The van der Waals surface area contributed by atoms with Crippen LogP contribution in [0.2, 0.25) is 0 Å². The molecule has 3 aromatic carbocycles. The smallest absolute Gasteiger partial charge is 0.277 e. The number of hydrogen-bond donors (Lipinski definition) is 1. The lowest BCUT2D eigenvalue weighted by molar-refractivity contribution is 0.0988. The molecule has 0 fully saturated rings. The van der Waals surface area contributed by atoms with Crippen LogP contribution in [0.1, 0.15) is 33.2 Å². The van der Waals surface area contributed by atoms with Gasteiger partial charge in [-0.15, -0.1) is 0 Å². The van der Waals surface area contributed by atoms with Crippen LogP contribution in [0, 0.1) is 6.92 Å². The Labute approximate surface area is 188 Å². The molecule has 1 unspecified atom stereocenters. The van der Waals surface area contributed by atoms with Crippen molar-refractivity contribution < 1.29 is 9.53 Å². The molecule has 0 saturated heterocycles. The lowest BCUT2D eigenvalue weighted by atomic mass is 9.95. The highest BCUT2D eigenvalue weighted by Gasteiger charge is 2.43. The van der Waals surface area contributed by atoms with Crippen molar-refractivity contribution in [2.75, 3.05) is 12.0 Å². The third kappa shape index (κ3) is 3.33. The summed E-state index contributed by atoms with van der Waals surface area (Å²) in [6, 6.07) is 23.5. The van der Waals surface area contributed by atoms with Crippen LogP contribution in [0.5, 0.6) is 5.75 Å². The van der Waals surface area contributed by atoms with Gasteiger partial charge < -0.3 is 4.74 Å². The van der Waals surface area contributed by atoms with Crippen molar-refractivity contribution >= 4 is 27.5 Å². The number of nitrogens with one attached hydrogen (secondary N) is 1. The van der Waals surface area contributed by atoms with Gasteiger partial charge in [-0.2, -0.15) is 5.10 Å². The van der Waals surface area contributed by atoms with Crippen molar-refractivity contribution in [2.24, 2.45) is 0 Å². The molecule has 0 radical (unpaired) electrons. The number of methoxy groups -OCH3 is 1. The minimum Gasteiger partial charge on any atom is -0.497 e. The summed E-state index contributed by atoms with van der Waals surface area (Å²) in [4.78, 5) is 15.4. The van der Waals surface area contributed by atoms with Crippen LogP contribution >= 0.6 is 15.9 Å². The zero-order valence-corrected chi connectivity index (χ0v) is 18.7. The van der Waals surface area contributed by atoms with E-state index in [1.165, 1.54) is 0 Å². The lowest BCUT2D eigenvalue weighted by Gasteiger charge is -2.27. The molecule has 154 valence electrons. The van der Waals surface area contributed by atoms with Crippen molar-refractivity contribution in [1.29, 1.82) is 0 Å². The summed E-state index contributed by atoms with van der Waals surface area (Å²) in [5.74, 6) is 0.651. The maximum atomic E-state index is 13.5. The van der Waals surface area contributed by atoms with Gasteiger partial charge in [-0.1, -0.05) is 57.9 Å². The van der Waals surface area contributed by atoms with Gasteiger partial charge in [0, 0.05) is 21.3 Å². The summed E-state index contributed by atoms with van der Waals surface area (Å²) >= 11 is 3.49. The number of nitrogens with zero attached hydrogens (tertiary/aromatic N) is 2. The number of H-pyrrole nitrogens is 1. The first-order valence-corrected chi connectivity index (χ1v) is 10.7. The standard InChI is InChI=1S/C25H20BrN3O2/c1-15-6-12-19(13-7-15)29-24(17-4-3-5-20(14-17)31-2)21-22(27-28-23(21)25(29)30)16-8-10-18(26)11-9-16/h3-14,24H,1-2H3,(H,27,28). The predicted molar refractivity (Wildman–Crippen MR) is 125 cm³/mol. The van der Waals surface area contributed by atoms with Gasteiger partial charge in [0.25, 0.3) is 5.91 Å². The number of aryl methyl sites for hydroxylation is 1. The molecule has 0 bridgehead atoms. The highest BCUT2D eigenvalue weighted by Crippen LogP contribution is 2.45. The fraction of sp³-hybridized carbons (Fsp3) is 0.120. The number of hydrogen-bond acceptors (Lipinski definition) is 3. The first-order chi connectivity index (χ1) is 15.1. The molecule has 5 rings (SSSR count). The van der Waals surface area contributed by atoms with Crippen LogP contribution in [-0.4, -0.2) is 23.2 Å². The highest BCUT2D eigenvalue weighted by molar-refractivity contribution is 9.10. The molecule has 0 spiro atoms. The Bertz CT molecular complexity index is 1260. The van der Waals surface area contributed by atoms with Crippen LogP contribution in [0.3, 0.4) is 0 Å². The molecule has 5 nitrogen and oxygen atoms in total. The van der Waals surface area contributed by atoms with Gasteiger partial charge in [-0.3, -0.25) is 14.8 Å². The number of ether oxygens (including phenoxy) is 1. The summed E-state index contributed by atoms with van der Waals surface area (Å²) in [5, 5.41) is 7.53. The molecule has 1 aromatic heterocycles. The van der Waals surface area contributed by atoms with Crippen molar-refractivity contribution in [3.63, 3.8) is 0 Å². The van der Waals surface area contributed by atoms with Gasteiger partial charge in [0.05, 0.1) is 18.8 Å². The number of aromatic amines is 1. The predicted octanol–water partition coefficient (Wildman–Crippen LogP) is 5.91. The van der Waals surface area contributed by atoms with Gasteiger partial charge in [0.2, 0.25) is 0 Å². The normalized spacial score (nSPS) is 15.3. The summed E-state index contributed by atoms with van der Waals surface area (Å²) in [6.45, 7) is 2.03. The summed E-state index contributed by atoms with van der Waals surface area (Å²) in [7, 11) is 1.65. The monoisotopic (exact) mass is 473 g/mol. The van der Waals surface area contributed by atoms with Crippen molar-refractivity contribution in [2.45, 2.75) is 13.0 Å². The first kappa shape index (κ1) is 19.6. The molecule has 1 aliphatic heterocycles. The van der Waals surface area contributed by atoms with Crippen molar-refractivity contribution in [3.05, 3.63) is 99.7 Å². The number of rotatable bonds is 4. The van der Waals surface area contributed by atoms with Gasteiger partial charge in [-0.25, -0.2) is 0 Å². The number of fused-ring (bicyclic) bond motifs is 1. The maximum absolute atomic E-state index is 13.5. The second kappa shape index (κ2) is 7.71. The van der Waals surface area contributed by atoms with Crippen LogP contribution in [0.25, 0.3) is 11.3 Å². The van der Waals surface area contributed by atoms with Gasteiger partial charge >= 0.3 is 0 Å². The highest BCUT2D eigenvalue weighted by atomic mass is 79.9. The summed E-state index contributed by atoms with van der Waals surface area (Å²) < 4.78 is 6.45. The largest absolute Gasteiger partial charge is 0.497 e. The molecule has 1 amide bonds. The number of anilines is 1. The van der Waals surface area contributed by atoms with E-state index in [4.69, 9.17) is 4.74 Å². The maximum Gasteiger partial charge on any atom is 0.277 e. The van der Waals surface area contributed by atoms with E-state index in [1.807, 2.05) is 84.6 Å². The molecule has 1 atom stereocenters. The first-order valence-electron chi connectivity index (χ1n) is 9.95. The number of aromatic nitrogens is 2.